The van der Waals surface area contributed by atoms with E-state index < -0.39 is 0 Å². The molecule has 0 aliphatic heterocycles. The third-order valence-corrected chi connectivity index (χ3v) is 4.48. The lowest BCUT2D eigenvalue weighted by Gasteiger charge is -2.15. The normalized spacial score (nSPS) is 17.7. The minimum absolute atomic E-state index is 0.0849. The molecule has 0 saturated carbocycles. The van der Waals surface area contributed by atoms with Gasteiger partial charge in [0.05, 0.1) is 5.69 Å². The van der Waals surface area contributed by atoms with Gasteiger partial charge in [-0.05, 0) is 26.2 Å². The number of aromatic nitrogens is 1. The minimum atomic E-state index is 0.0849. The summed E-state index contributed by atoms with van der Waals surface area (Å²) in [6, 6.07) is 8.26. The average molecular weight is 298 g/mol. The molecule has 3 nitrogen and oxygen atoms in total. The Kier molecular flexibility index (Phi) is 4.15. The molecule has 0 bridgehead atoms. The number of benzene rings is 1. The van der Waals surface area contributed by atoms with E-state index in [1.54, 1.807) is 0 Å². The monoisotopic (exact) mass is 298 g/mol. The number of hydrogen-bond acceptors (Lipinski definition) is 3. The first-order valence-corrected chi connectivity index (χ1v) is 8.09. The largest absolute Gasteiger partial charge is 0.302 e. The summed E-state index contributed by atoms with van der Waals surface area (Å²) in [5.74, 6) is 0.172. The minimum Gasteiger partial charge on any atom is -0.302 e. The van der Waals surface area contributed by atoms with E-state index in [4.69, 9.17) is 0 Å². The molecule has 1 aromatic heterocycles. The third kappa shape index (κ3) is 3.39. The molecule has 1 aliphatic carbocycles. The van der Waals surface area contributed by atoms with Crippen molar-refractivity contribution in [2.24, 2.45) is 5.92 Å². The lowest BCUT2D eigenvalue weighted by atomic mass is 9.94. The van der Waals surface area contributed by atoms with Crippen LogP contribution < -0.4 is 5.32 Å². The van der Waals surface area contributed by atoms with Crippen molar-refractivity contribution < 1.29 is 4.79 Å². The van der Waals surface area contributed by atoms with Crippen LogP contribution in [0.3, 0.4) is 0 Å². The van der Waals surface area contributed by atoms with Gasteiger partial charge in [-0.15, -0.1) is 11.3 Å². The summed E-state index contributed by atoms with van der Waals surface area (Å²) in [5, 5.41) is 5.62. The standard InChI is InChI=1S/C17H18N2OS/c1-12-7-9-13(10-8-12)15-11-21-17(18-15)19-16(20)14-5-3-2-4-6-14/h2-3,7-11,14H,4-6H2,1H3,(H,18,19,20). The van der Waals surface area contributed by atoms with Gasteiger partial charge in [-0.3, -0.25) is 4.79 Å². The molecule has 0 saturated heterocycles. The van der Waals surface area contributed by atoms with Gasteiger partial charge in [-0.2, -0.15) is 0 Å². The number of allylic oxidation sites excluding steroid dienone is 2. The lowest BCUT2D eigenvalue weighted by molar-refractivity contribution is -0.120. The van der Waals surface area contributed by atoms with E-state index in [0.717, 1.165) is 30.5 Å². The number of carbonyl (C=O) groups is 1. The molecule has 1 N–H and O–H groups in total. The van der Waals surface area contributed by atoms with Gasteiger partial charge in [0.1, 0.15) is 0 Å². The highest BCUT2D eigenvalue weighted by Crippen LogP contribution is 2.26. The first-order chi connectivity index (χ1) is 10.2. The fourth-order valence-electron chi connectivity index (χ4n) is 2.43. The fraction of sp³-hybridized carbons (Fsp3) is 0.294. The van der Waals surface area contributed by atoms with Gasteiger partial charge >= 0.3 is 0 Å². The van der Waals surface area contributed by atoms with Gasteiger partial charge in [0.15, 0.2) is 5.13 Å². The van der Waals surface area contributed by atoms with Crippen LogP contribution in [0, 0.1) is 12.8 Å². The number of rotatable bonds is 3. The summed E-state index contributed by atoms with van der Waals surface area (Å²) in [5.41, 5.74) is 3.23. The van der Waals surface area contributed by atoms with Gasteiger partial charge in [-0.25, -0.2) is 4.98 Å². The second-order valence-electron chi connectivity index (χ2n) is 5.37. The van der Waals surface area contributed by atoms with E-state index in [1.165, 1.54) is 16.9 Å². The zero-order chi connectivity index (χ0) is 14.7. The molecular formula is C17H18N2OS. The molecule has 1 heterocycles. The highest BCUT2D eigenvalue weighted by molar-refractivity contribution is 7.14. The van der Waals surface area contributed by atoms with Gasteiger partial charge in [-0.1, -0.05) is 42.0 Å². The number of carbonyl (C=O) groups excluding carboxylic acids is 1. The predicted molar refractivity (Wildman–Crippen MR) is 87.4 cm³/mol. The van der Waals surface area contributed by atoms with E-state index >= 15 is 0 Å². The maximum Gasteiger partial charge on any atom is 0.229 e. The highest BCUT2D eigenvalue weighted by atomic mass is 32.1. The molecule has 1 aromatic carbocycles. The highest BCUT2D eigenvalue weighted by Gasteiger charge is 2.19. The van der Waals surface area contributed by atoms with E-state index in [2.05, 4.69) is 53.6 Å². The molecule has 0 spiro atoms. The number of nitrogens with one attached hydrogen (secondary N) is 1. The predicted octanol–water partition coefficient (Wildman–Crippen LogP) is 4.41. The number of thiazole rings is 1. The van der Waals surface area contributed by atoms with Crippen molar-refractivity contribution in [3.8, 4) is 11.3 Å². The summed E-state index contributed by atoms with van der Waals surface area (Å²) < 4.78 is 0. The van der Waals surface area contributed by atoms with Crippen molar-refractivity contribution >= 4 is 22.4 Å². The Morgan fingerprint density at radius 1 is 1.29 bits per heavy atom. The fourth-order valence-corrected chi connectivity index (χ4v) is 3.15. The Balaban J connectivity index is 1.68. The first kappa shape index (κ1) is 14.0. The molecule has 0 fully saturated rings. The van der Waals surface area contributed by atoms with Gasteiger partial charge in [0, 0.05) is 16.9 Å². The second kappa shape index (κ2) is 6.22. The van der Waals surface area contributed by atoms with Crippen LogP contribution in [0.25, 0.3) is 11.3 Å². The van der Waals surface area contributed by atoms with Crippen LogP contribution in [0.15, 0.2) is 41.8 Å². The lowest BCUT2D eigenvalue weighted by Crippen LogP contribution is -2.23. The number of amides is 1. The number of anilines is 1. The molecule has 1 atom stereocenters. The van der Waals surface area contributed by atoms with Crippen LogP contribution in [0.1, 0.15) is 24.8 Å². The van der Waals surface area contributed by atoms with Crippen molar-refractivity contribution in [3.63, 3.8) is 0 Å². The molecule has 1 aliphatic rings. The van der Waals surface area contributed by atoms with E-state index in [0.29, 0.717) is 5.13 Å². The van der Waals surface area contributed by atoms with Crippen molar-refractivity contribution in [2.75, 3.05) is 5.32 Å². The third-order valence-electron chi connectivity index (χ3n) is 3.72. The number of aryl methyl sites for hydroxylation is 1. The SMILES string of the molecule is Cc1ccc(-c2csc(NC(=O)C3CC=CCC3)n2)cc1. The molecule has 4 heteroatoms. The molecule has 108 valence electrons. The van der Waals surface area contributed by atoms with Crippen molar-refractivity contribution in [2.45, 2.75) is 26.2 Å². The van der Waals surface area contributed by atoms with E-state index in [-0.39, 0.29) is 11.8 Å². The first-order valence-electron chi connectivity index (χ1n) is 7.21. The molecule has 1 amide bonds. The quantitative estimate of drug-likeness (QED) is 0.853. The smallest absolute Gasteiger partial charge is 0.229 e. The molecule has 0 radical (unpaired) electrons. The van der Waals surface area contributed by atoms with Gasteiger partial charge in [0.2, 0.25) is 5.91 Å². The van der Waals surface area contributed by atoms with Crippen LogP contribution >= 0.6 is 11.3 Å². The Hall–Kier alpha value is -1.94. The second-order valence-corrected chi connectivity index (χ2v) is 6.23. The molecular weight excluding hydrogens is 280 g/mol. The van der Waals surface area contributed by atoms with Crippen molar-refractivity contribution in [3.05, 3.63) is 47.4 Å². The molecule has 1 unspecified atom stereocenters. The maximum atomic E-state index is 12.2. The maximum absolute atomic E-state index is 12.2. The van der Waals surface area contributed by atoms with Crippen molar-refractivity contribution in [1.29, 1.82) is 0 Å². The summed E-state index contributed by atoms with van der Waals surface area (Å²) in [6.07, 6.45) is 6.99. The average Bonchev–Trinajstić information content (AvgIpc) is 2.97. The van der Waals surface area contributed by atoms with E-state index in [9.17, 15) is 4.79 Å². The summed E-state index contributed by atoms with van der Waals surface area (Å²) in [7, 11) is 0. The molecule has 2 aromatic rings. The van der Waals surface area contributed by atoms with Gasteiger partial charge in [0.25, 0.3) is 0 Å². The van der Waals surface area contributed by atoms with E-state index in [1.807, 2.05) is 5.38 Å². The summed E-state index contributed by atoms with van der Waals surface area (Å²) >= 11 is 1.48. The van der Waals surface area contributed by atoms with Crippen molar-refractivity contribution in [1.82, 2.24) is 4.98 Å². The van der Waals surface area contributed by atoms with Crippen LogP contribution in [0.2, 0.25) is 0 Å². The van der Waals surface area contributed by atoms with Crippen LogP contribution in [0.5, 0.6) is 0 Å². The number of nitrogens with zero attached hydrogens (tertiary/aromatic N) is 1. The van der Waals surface area contributed by atoms with Gasteiger partial charge < -0.3 is 5.32 Å². The van der Waals surface area contributed by atoms with Crippen LogP contribution in [0.4, 0.5) is 5.13 Å². The Morgan fingerprint density at radius 2 is 2.10 bits per heavy atom. The zero-order valence-electron chi connectivity index (χ0n) is 12.0. The topological polar surface area (TPSA) is 42.0 Å². The Morgan fingerprint density at radius 3 is 2.81 bits per heavy atom. The zero-order valence-corrected chi connectivity index (χ0v) is 12.8. The summed E-state index contributed by atoms with van der Waals surface area (Å²) in [6.45, 7) is 2.06. The summed E-state index contributed by atoms with van der Waals surface area (Å²) in [4.78, 5) is 16.7. The molecule has 21 heavy (non-hydrogen) atoms. The Labute approximate surface area is 128 Å². The van der Waals surface area contributed by atoms with Crippen LogP contribution in [-0.2, 0) is 4.79 Å². The molecule has 3 rings (SSSR count). The number of hydrogen-bond donors (Lipinski definition) is 1. The van der Waals surface area contributed by atoms with Crippen LogP contribution in [-0.4, -0.2) is 10.9 Å². The Bertz CT molecular complexity index is 658.